The number of ether oxygens (including phenoxy) is 2. The molecule has 1 amide bonds. The Labute approximate surface area is 130 Å². The van der Waals surface area contributed by atoms with Gasteiger partial charge in [-0.3, -0.25) is 0 Å². The van der Waals surface area contributed by atoms with E-state index in [1.807, 2.05) is 20.8 Å². The van der Waals surface area contributed by atoms with Crippen LogP contribution in [0.15, 0.2) is 18.2 Å². The van der Waals surface area contributed by atoms with Gasteiger partial charge in [-0.05, 0) is 45.6 Å². The average molecular weight is 310 g/mol. The number of carbonyl (C=O) groups is 1. The first-order valence-corrected chi connectivity index (χ1v) is 7.57. The highest BCUT2D eigenvalue weighted by atomic mass is 19.1. The lowest BCUT2D eigenvalue weighted by atomic mass is 9.98. The lowest BCUT2D eigenvalue weighted by molar-refractivity contribution is 0.0164. The maximum Gasteiger partial charge on any atom is 0.410 e. The Balaban J connectivity index is 1.74. The van der Waals surface area contributed by atoms with Crippen molar-refractivity contribution in [3.05, 3.63) is 24.1 Å². The van der Waals surface area contributed by atoms with Crippen molar-refractivity contribution in [1.29, 1.82) is 0 Å². The van der Waals surface area contributed by atoms with Gasteiger partial charge in [0.1, 0.15) is 5.60 Å². The Morgan fingerprint density at radius 3 is 2.64 bits per heavy atom. The molecule has 1 aliphatic rings. The molecule has 6 heteroatoms. The molecule has 2 rings (SSSR count). The number of hydrogen-bond donors (Lipinski definition) is 0. The van der Waals surface area contributed by atoms with Crippen molar-refractivity contribution in [3.8, 4) is 5.88 Å². The first-order chi connectivity index (χ1) is 10.3. The second-order valence-electron chi connectivity index (χ2n) is 6.52. The topological polar surface area (TPSA) is 51.7 Å². The molecule has 22 heavy (non-hydrogen) atoms. The summed E-state index contributed by atoms with van der Waals surface area (Å²) in [5.74, 6) is 0.0931. The molecule has 0 bridgehead atoms. The summed E-state index contributed by atoms with van der Waals surface area (Å²) in [6, 6.07) is 4.49. The fourth-order valence-corrected chi connectivity index (χ4v) is 2.28. The molecular formula is C16H23FN2O3. The summed E-state index contributed by atoms with van der Waals surface area (Å²) in [5.41, 5.74) is -0.472. The summed E-state index contributed by atoms with van der Waals surface area (Å²) in [4.78, 5) is 17.4. The minimum Gasteiger partial charge on any atom is -0.477 e. The van der Waals surface area contributed by atoms with Crippen molar-refractivity contribution >= 4 is 6.09 Å². The maximum atomic E-state index is 13.0. The van der Waals surface area contributed by atoms with Crippen LogP contribution in [0.4, 0.5) is 9.18 Å². The van der Waals surface area contributed by atoms with E-state index in [-0.39, 0.29) is 6.09 Å². The van der Waals surface area contributed by atoms with Gasteiger partial charge in [0.2, 0.25) is 11.8 Å². The van der Waals surface area contributed by atoms with E-state index in [4.69, 9.17) is 9.47 Å². The summed E-state index contributed by atoms with van der Waals surface area (Å²) in [5, 5.41) is 0. The summed E-state index contributed by atoms with van der Waals surface area (Å²) < 4.78 is 23.8. The van der Waals surface area contributed by atoms with E-state index in [1.165, 1.54) is 6.07 Å². The number of rotatable bonds is 3. The molecule has 0 saturated carbocycles. The summed E-state index contributed by atoms with van der Waals surface area (Å²) in [6.07, 6.45) is 1.42. The molecule has 0 aliphatic carbocycles. The van der Waals surface area contributed by atoms with Crippen LogP contribution in [-0.2, 0) is 4.74 Å². The normalized spacial score (nSPS) is 16.5. The minimum atomic E-state index is -0.544. The molecule has 1 aromatic rings. The molecule has 1 saturated heterocycles. The van der Waals surface area contributed by atoms with Crippen LogP contribution in [-0.4, -0.2) is 41.3 Å². The van der Waals surface area contributed by atoms with Gasteiger partial charge >= 0.3 is 6.09 Å². The molecule has 0 atom stereocenters. The molecule has 0 spiro atoms. The van der Waals surface area contributed by atoms with Crippen LogP contribution in [0, 0.1) is 11.9 Å². The summed E-state index contributed by atoms with van der Waals surface area (Å²) in [7, 11) is 0. The Bertz CT molecular complexity index is 508. The summed E-state index contributed by atoms with van der Waals surface area (Å²) in [6.45, 7) is 7.37. The fourth-order valence-electron chi connectivity index (χ4n) is 2.28. The molecule has 1 aliphatic heterocycles. The molecule has 1 fully saturated rings. The van der Waals surface area contributed by atoms with Crippen molar-refractivity contribution in [1.82, 2.24) is 9.88 Å². The first-order valence-electron chi connectivity index (χ1n) is 7.57. The number of amides is 1. The monoisotopic (exact) mass is 310 g/mol. The third kappa shape index (κ3) is 5.16. The van der Waals surface area contributed by atoms with Crippen LogP contribution in [0.5, 0.6) is 5.88 Å². The van der Waals surface area contributed by atoms with E-state index in [2.05, 4.69) is 4.98 Å². The molecule has 122 valence electrons. The van der Waals surface area contributed by atoms with Crippen molar-refractivity contribution in [2.24, 2.45) is 5.92 Å². The van der Waals surface area contributed by atoms with E-state index in [0.29, 0.717) is 31.5 Å². The van der Waals surface area contributed by atoms with Crippen LogP contribution >= 0.6 is 0 Å². The predicted molar refractivity (Wildman–Crippen MR) is 80.2 cm³/mol. The van der Waals surface area contributed by atoms with Crippen LogP contribution < -0.4 is 4.74 Å². The van der Waals surface area contributed by atoms with Crippen LogP contribution in [0.25, 0.3) is 0 Å². The SMILES string of the molecule is CC(C)(C)OC(=O)N1CCC(COc2cccc(F)n2)CC1. The Hall–Kier alpha value is -1.85. The lowest BCUT2D eigenvalue weighted by Crippen LogP contribution is -2.42. The minimum absolute atomic E-state index is 0.265. The largest absolute Gasteiger partial charge is 0.477 e. The molecule has 2 heterocycles. The van der Waals surface area contributed by atoms with E-state index in [1.54, 1.807) is 17.0 Å². The predicted octanol–water partition coefficient (Wildman–Crippen LogP) is 3.25. The van der Waals surface area contributed by atoms with Crippen molar-refractivity contribution < 1.29 is 18.7 Å². The van der Waals surface area contributed by atoms with Crippen LogP contribution in [0.2, 0.25) is 0 Å². The van der Waals surface area contributed by atoms with Gasteiger partial charge in [0.15, 0.2) is 0 Å². The van der Waals surface area contributed by atoms with Gasteiger partial charge in [0.25, 0.3) is 0 Å². The third-order valence-corrected chi connectivity index (χ3v) is 3.42. The zero-order chi connectivity index (χ0) is 16.2. The number of likely N-dealkylation sites (tertiary alicyclic amines) is 1. The molecular weight excluding hydrogens is 287 g/mol. The zero-order valence-corrected chi connectivity index (χ0v) is 13.3. The average Bonchev–Trinajstić information content (AvgIpc) is 2.44. The zero-order valence-electron chi connectivity index (χ0n) is 13.3. The molecule has 0 aromatic carbocycles. The van der Waals surface area contributed by atoms with Gasteiger partial charge in [0, 0.05) is 19.2 Å². The van der Waals surface area contributed by atoms with E-state index < -0.39 is 11.5 Å². The van der Waals surface area contributed by atoms with Crippen LogP contribution in [0.3, 0.4) is 0 Å². The number of pyridine rings is 1. The van der Waals surface area contributed by atoms with Gasteiger partial charge in [0.05, 0.1) is 6.61 Å². The number of aromatic nitrogens is 1. The molecule has 1 aromatic heterocycles. The first kappa shape index (κ1) is 16.5. The van der Waals surface area contributed by atoms with Crippen molar-refractivity contribution in [2.75, 3.05) is 19.7 Å². The third-order valence-electron chi connectivity index (χ3n) is 3.42. The van der Waals surface area contributed by atoms with Gasteiger partial charge in [-0.1, -0.05) is 6.07 Å². The Kier molecular flexibility index (Phi) is 5.21. The molecule has 0 unspecified atom stereocenters. The quantitative estimate of drug-likeness (QED) is 0.804. The Morgan fingerprint density at radius 1 is 1.36 bits per heavy atom. The van der Waals surface area contributed by atoms with Gasteiger partial charge in [-0.2, -0.15) is 9.37 Å². The van der Waals surface area contributed by atoms with Crippen LogP contribution in [0.1, 0.15) is 33.6 Å². The van der Waals surface area contributed by atoms with E-state index in [9.17, 15) is 9.18 Å². The highest BCUT2D eigenvalue weighted by molar-refractivity contribution is 5.68. The number of nitrogens with zero attached hydrogens (tertiary/aromatic N) is 2. The number of carbonyl (C=O) groups excluding carboxylic acids is 1. The second kappa shape index (κ2) is 6.94. The maximum absolute atomic E-state index is 13.0. The van der Waals surface area contributed by atoms with Gasteiger partial charge < -0.3 is 14.4 Å². The molecule has 0 N–H and O–H groups in total. The smallest absolute Gasteiger partial charge is 0.410 e. The number of piperidine rings is 1. The van der Waals surface area contributed by atoms with Crippen molar-refractivity contribution in [3.63, 3.8) is 0 Å². The molecule has 5 nitrogen and oxygen atoms in total. The number of hydrogen-bond acceptors (Lipinski definition) is 4. The van der Waals surface area contributed by atoms with Crippen molar-refractivity contribution in [2.45, 2.75) is 39.2 Å². The standard InChI is InChI=1S/C16H23FN2O3/c1-16(2,3)22-15(20)19-9-7-12(8-10-19)11-21-14-6-4-5-13(17)18-14/h4-6,12H,7-11H2,1-3H3. The highest BCUT2D eigenvalue weighted by Gasteiger charge is 2.27. The highest BCUT2D eigenvalue weighted by Crippen LogP contribution is 2.20. The second-order valence-corrected chi connectivity index (χ2v) is 6.52. The lowest BCUT2D eigenvalue weighted by Gasteiger charge is -2.33. The van der Waals surface area contributed by atoms with Gasteiger partial charge in [-0.25, -0.2) is 4.79 Å². The fraction of sp³-hybridized carbons (Fsp3) is 0.625. The van der Waals surface area contributed by atoms with E-state index >= 15 is 0 Å². The Morgan fingerprint density at radius 2 is 2.05 bits per heavy atom. The summed E-state index contributed by atoms with van der Waals surface area (Å²) >= 11 is 0. The van der Waals surface area contributed by atoms with E-state index in [0.717, 1.165) is 12.8 Å². The number of halogens is 1. The molecule has 0 radical (unpaired) electrons. The van der Waals surface area contributed by atoms with Gasteiger partial charge in [-0.15, -0.1) is 0 Å².